The van der Waals surface area contributed by atoms with E-state index in [2.05, 4.69) is 20.5 Å². The van der Waals surface area contributed by atoms with Crippen molar-refractivity contribution >= 4 is 29.0 Å². The smallest absolute Gasteiger partial charge is 0.292 e. The number of furan rings is 1. The second kappa shape index (κ2) is 9.22. The van der Waals surface area contributed by atoms with Gasteiger partial charge in [-0.1, -0.05) is 23.9 Å². The van der Waals surface area contributed by atoms with Crippen LogP contribution in [0.1, 0.15) is 5.76 Å². The van der Waals surface area contributed by atoms with Crippen LogP contribution in [0.3, 0.4) is 0 Å². The highest BCUT2D eigenvalue weighted by Crippen LogP contribution is 2.26. The van der Waals surface area contributed by atoms with Crippen molar-refractivity contribution in [3.63, 3.8) is 0 Å². The van der Waals surface area contributed by atoms with Crippen molar-refractivity contribution in [1.29, 1.82) is 0 Å². The highest BCUT2D eigenvalue weighted by molar-refractivity contribution is 7.99. The Labute approximate surface area is 180 Å². The van der Waals surface area contributed by atoms with E-state index in [1.165, 1.54) is 23.9 Å². The first-order valence-corrected chi connectivity index (χ1v) is 10.1. The lowest BCUT2D eigenvalue weighted by atomic mass is 10.2. The summed E-state index contributed by atoms with van der Waals surface area (Å²) in [6.07, 6.45) is 4.92. The minimum absolute atomic E-state index is 0.00459. The lowest BCUT2D eigenvalue weighted by Crippen LogP contribution is -2.15. The standard InChI is InChI=1S/C20H16N6O4S/c27-18(22-16-7-1-2-8-17(16)26(28)29)13-31-20-24-23-19(14-5-3-9-21-11-14)25(20)12-15-6-4-10-30-15/h1-11H,12-13H2,(H,22,27). The lowest BCUT2D eigenvalue weighted by molar-refractivity contribution is -0.383. The minimum atomic E-state index is -0.539. The van der Waals surface area contributed by atoms with Crippen molar-refractivity contribution in [2.45, 2.75) is 11.7 Å². The van der Waals surface area contributed by atoms with Gasteiger partial charge in [0.15, 0.2) is 11.0 Å². The maximum atomic E-state index is 12.4. The Balaban J connectivity index is 1.52. The Morgan fingerprint density at radius 1 is 1.16 bits per heavy atom. The largest absolute Gasteiger partial charge is 0.467 e. The van der Waals surface area contributed by atoms with Gasteiger partial charge in [0.1, 0.15) is 11.4 Å². The van der Waals surface area contributed by atoms with Crippen LogP contribution in [-0.4, -0.2) is 36.3 Å². The van der Waals surface area contributed by atoms with E-state index in [0.717, 1.165) is 5.56 Å². The van der Waals surface area contributed by atoms with Crippen LogP contribution >= 0.6 is 11.8 Å². The van der Waals surface area contributed by atoms with Crippen molar-refractivity contribution in [2.24, 2.45) is 0 Å². The normalized spacial score (nSPS) is 10.7. The van der Waals surface area contributed by atoms with Crippen LogP contribution in [-0.2, 0) is 11.3 Å². The lowest BCUT2D eigenvalue weighted by Gasteiger charge is -2.09. The molecular weight excluding hydrogens is 420 g/mol. The number of aromatic nitrogens is 4. The van der Waals surface area contributed by atoms with E-state index in [4.69, 9.17) is 4.42 Å². The molecule has 31 heavy (non-hydrogen) atoms. The third-order valence-electron chi connectivity index (χ3n) is 4.24. The van der Waals surface area contributed by atoms with Gasteiger partial charge in [0.05, 0.1) is 23.5 Å². The van der Waals surface area contributed by atoms with Crippen LogP contribution in [0.4, 0.5) is 11.4 Å². The first-order chi connectivity index (χ1) is 15.1. The molecule has 0 spiro atoms. The van der Waals surface area contributed by atoms with E-state index in [-0.39, 0.29) is 17.1 Å². The van der Waals surface area contributed by atoms with Gasteiger partial charge < -0.3 is 9.73 Å². The van der Waals surface area contributed by atoms with Crippen molar-refractivity contribution in [1.82, 2.24) is 19.7 Å². The number of hydrogen-bond acceptors (Lipinski definition) is 8. The second-order valence-electron chi connectivity index (χ2n) is 6.32. The van der Waals surface area contributed by atoms with E-state index < -0.39 is 10.8 Å². The Morgan fingerprint density at radius 3 is 2.77 bits per heavy atom. The van der Waals surface area contributed by atoms with Gasteiger partial charge in [-0.05, 0) is 30.3 Å². The highest BCUT2D eigenvalue weighted by Gasteiger charge is 2.19. The van der Waals surface area contributed by atoms with Crippen LogP contribution in [0.25, 0.3) is 11.4 Å². The van der Waals surface area contributed by atoms with Crippen LogP contribution in [0, 0.1) is 10.1 Å². The molecule has 0 aliphatic rings. The summed E-state index contributed by atoms with van der Waals surface area (Å²) in [5.74, 6) is 0.895. The number of nitro benzene ring substituents is 1. The molecule has 1 amide bonds. The molecule has 11 heteroatoms. The number of para-hydroxylation sites is 2. The van der Waals surface area contributed by atoms with E-state index in [9.17, 15) is 14.9 Å². The summed E-state index contributed by atoms with van der Waals surface area (Å²) in [5.41, 5.74) is 0.754. The Morgan fingerprint density at radius 2 is 2.03 bits per heavy atom. The zero-order chi connectivity index (χ0) is 21.6. The topological polar surface area (TPSA) is 129 Å². The number of carbonyl (C=O) groups excluding carboxylic acids is 1. The van der Waals surface area contributed by atoms with E-state index in [1.54, 1.807) is 42.9 Å². The van der Waals surface area contributed by atoms with Crippen molar-refractivity contribution in [2.75, 3.05) is 11.1 Å². The Kier molecular flexibility index (Phi) is 6.03. The minimum Gasteiger partial charge on any atom is -0.467 e. The molecule has 0 saturated carbocycles. The fourth-order valence-electron chi connectivity index (χ4n) is 2.86. The van der Waals surface area contributed by atoms with Gasteiger partial charge >= 0.3 is 0 Å². The number of nitrogens with zero attached hydrogens (tertiary/aromatic N) is 5. The number of amides is 1. The maximum Gasteiger partial charge on any atom is 0.292 e. The van der Waals surface area contributed by atoms with Gasteiger partial charge in [-0.15, -0.1) is 10.2 Å². The number of pyridine rings is 1. The molecule has 1 aromatic carbocycles. The summed E-state index contributed by atoms with van der Waals surface area (Å²) < 4.78 is 7.28. The average Bonchev–Trinajstić information content (AvgIpc) is 3.43. The number of rotatable bonds is 8. The van der Waals surface area contributed by atoms with Gasteiger partial charge in [0.2, 0.25) is 5.91 Å². The van der Waals surface area contributed by atoms with E-state index in [1.807, 2.05) is 16.7 Å². The summed E-state index contributed by atoms with van der Waals surface area (Å²) in [6.45, 7) is 0.373. The zero-order valence-corrected chi connectivity index (χ0v) is 16.9. The fourth-order valence-corrected chi connectivity index (χ4v) is 3.60. The Bertz CT molecular complexity index is 1190. The fraction of sp³-hybridized carbons (Fsp3) is 0.100. The number of anilines is 1. The molecule has 0 aliphatic heterocycles. The molecule has 0 atom stereocenters. The molecule has 1 N–H and O–H groups in total. The molecule has 4 aromatic rings. The molecule has 0 aliphatic carbocycles. The van der Waals surface area contributed by atoms with Gasteiger partial charge in [0, 0.05) is 24.0 Å². The van der Waals surface area contributed by atoms with Gasteiger partial charge in [-0.3, -0.25) is 24.5 Å². The molecule has 0 radical (unpaired) electrons. The Hall–Kier alpha value is -3.99. The number of nitro groups is 1. The van der Waals surface area contributed by atoms with Gasteiger partial charge in [0.25, 0.3) is 5.69 Å². The van der Waals surface area contributed by atoms with Crippen molar-refractivity contribution < 1.29 is 14.1 Å². The molecule has 10 nitrogen and oxygen atoms in total. The van der Waals surface area contributed by atoms with E-state index >= 15 is 0 Å². The molecule has 3 heterocycles. The molecule has 3 aromatic heterocycles. The van der Waals surface area contributed by atoms with Crippen LogP contribution in [0.15, 0.2) is 76.8 Å². The maximum absolute atomic E-state index is 12.4. The first kappa shape index (κ1) is 20.3. The van der Waals surface area contributed by atoms with Gasteiger partial charge in [-0.2, -0.15) is 0 Å². The highest BCUT2D eigenvalue weighted by atomic mass is 32.2. The monoisotopic (exact) mass is 436 g/mol. The third kappa shape index (κ3) is 4.78. The first-order valence-electron chi connectivity index (χ1n) is 9.14. The summed E-state index contributed by atoms with van der Waals surface area (Å²) in [7, 11) is 0. The second-order valence-corrected chi connectivity index (χ2v) is 7.27. The number of hydrogen-bond donors (Lipinski definition) is 1. The molecule has 4 rings (SSSR count). The summed E-state index contributed by atoms with van der Waals surface area (Å²) in [4.78, 5) is 27.1. The van der Waals surface area contributed by atoms with Crippen LogP contribution in [0.5, 0.6) is 0 Å². The molecule has 156 valence electrons. The summed E-state index contributed by atoms with van der Waals surface area (Å²) in [6, 6.07) is 13.3. The quantitative estimate of drug-likeness (QED) is 0.252. The van der Waals surface area contributed by atoms with Crippen LogP contribution in [0.2, 0.25) is 0 Å². The van der Waals surface area contributed by atoms with Crippen LogP contribution < -0.4 is 5.32 Å². The molecular formula is C20H16N6O4S. The number of benzene rings is 1. The molecule has 0 bridgehead atoms. The number of nitrogens with one attached hydrogen (secondary N) is 1. The SMILES string of the molecule is O=C(CSc1nnc(-c2cccnc2)n1Cc1ccco1)Nc1ccccc1[N+](=O)[O-]. The van der Waals surface area contributed by atoms with Gasteiger partial charge in [-0.25, -0.2) is 0 Å². The predicted octanol–water partition coefficient (Wildman–Crippen LogP) is 3.62. The van der Waals surface area contributed by atoms with E-state index in [0.29, 0.717) is 23.3 Å². The molecule has 0 unspecified atom stereocenters. The molecule has 0 saturated heterocycles. The van der Waals surface area contributed by atoms with Crippen molar-refractivity contribution in [3.05, 3.63) is 83.1 Å². The third-order valence-corrected chi connectivity index (χ3v) is 5.20. The summed E-state index contributed by atoms with van der Waals surface area (Å²) >= 11 is 1.17. The summed E-state index contributed by atoms with van der Waals surface area (Å²) in [5, 5.41) is 22.7. The predicted molar refractivity (Wildman–Crippen MR) is 114 cm³/mol. The zero-order valence-electron chi connectivity index (χ0n) is 16.0. The van der Waals surface area contributed by atoms with Crippen molar-refractivity contribution in [3.8, 4) is 11.4 Å². The molecule has 0 fully saturated rings. The average molecular weight is 436 g/mol. The number of thioether (sulfide) groups is 1. The number of carbonyl (C=O) groups is 1.